The number of amidine groups is 2. The van der Waals surface area contributed by atoms with Gasteiger partial charge in [-0.3, -0.25) is 10.2 Å². The van der Waals surface area contributed by atoms with Crippen molar-refractivity contribution in [2.45, 2.75) is 46.5 Å². The fraction of sp³-hybridized carbons (Fsp3) is 0.304. The topological polar surface area (TPSA) is 73.8 Å². The minimum atomic E-state index is -0.478. The van der Waals surface area contributed by atoms with E-state index in [1.54, 1.807) is 18.2 Å². The number of carbonyl (C=O) groups is 1. The summed E-state index contributed by atoms with van der Waals surface area (Å²) in [5, 5.41) is 15.9. The van der Waals surface area contributed by atoms with Crippen LogP contribution in [-0.2, 0) is 4.79 Å². The van der Waals surface area contributed by atoms with Crippen molar-refractivity contribution in [1.29, 1.82) is 5.41 Å². The van der Waals surface area contributed by atoms with E-state index in [9.17, 15) is 9.18 Å². The normalized spacial score (nSPS) is 17.2. The zero-order chi connectivity index (χ0) is 23.0. The molecular weight excluding hydrogens is 449 g/mol. The highest BCUT2D eigenvalue weighted by Crippen LogP contribution is 2.31. The zero-order valence-electron chi connectivity index (χ0n) is 18.1. The van der Waals surface area contributed by atoms with E-state index in [2.05, 4.69) is 17.0 Å². The number of fused-ring (bicyclic) bond motifs is 1. The van der Waals surface area contributed by atoms with E-state index in [0.717, 1.165) is 53.4 Å². The molecule has 0 saturated heterocycles. The molecule has 2 aromatic rings. The van der Waals surface area contributed by atoms with Gasteiger partial charge in [-0.1, -0.05) is 31.4 Å². The lowest BCUT2D eigenvalue weighted by molar-refractivity contribution is -0.114. The monoisotopic (exact) mass is 471 g/mol. The van der Waals surface area contributed by atoms with Crippen LogP contribution in [0.4, 0.5) is 4.39 Å². The van der Waals surface area contributed by atoms with Gasteiger partial charge in [-0.15, -0.1) is 0 Å². The van der Waals surface area contributed by atoms with Crippen molar-refractivity contribution in [3.63, 3.8) is 0 Å². The summed E-state index contributed by atoms with van der Waals surface area (Å²) in [5.41, 5.74) is 3.41. The standard InChI is InChI=1S/C23H23ClFN5OS/c1-4-5-6-7-20-28-30-21(26)17(22(31)27-23(30)32-20)11-15-10-13(2)29(14(15)3)16-8-9-19(25)18(24)12-16/h8-12,26H,4-7H2,1-3H3. The Labute approximate surface area is 195 Å². The van der Waals surface area contributed by atoms with Gasteiger partial charge in [0.25, 0.3) is 5.91 Å². The Kier molecular flexibility index (Phi) is 6.35. The number of hydrazone groups is 1. The van der Waals surface area contributed by atoms with E-state index >= 15 is 0 Å². The van der Waals surface area contributed by atoms with E-state index in [-0.39, 0.29) is 16.4 Å². The van der Waals surface area contributed by atoms with Crippen LogP contribution in [0.3, 0.4) is 0 Å². The first-order valence-corrected chi connectivity index (χ1v) is 11.6. The summed E-state index contributed by atoms with van der Waals surface area (Å²) in [6.07, 6.45) is 5.74. The number of nitrogens with zero attached hydrogens (tertiary/aromatic N) is 4. The van der Waals surface area contributed by atoms with E-state index in [4.69, 9.17) is 17.0 Å². The Balaban J connectivity index is 1.65. The Hall–Kier alpha value is -2.71. The van der Waals surface area contributed by atoms with Crippen molar-refractivity contribution in [2.24, 2.45) is 10.1 Å². The van der Waals surface area contributed by atoms with E-state index < -0.39 is 11.7 Å². The van der Waals surface area contributed by atoms with Gasteiger partial charge in [0.2, 0.25) is 5.17 Å². The molecule has 4 rings (SSSR count). The number of thioether (sulfide) groups is 1. The Morgan fingerprint density at radius 1 is 1.25 bits per heavy atom. The third-order valence-corrected chi connectivity index (χ3v) is 6.68. The van der Waals surface area contributed by atoms with Crippen molar-refractivity contribution in [1.82, 2.24) is 9.58 Å². The lowest BCUT2D eigenvalue weighted by Crippen LogP contribution is -2.35. The number of aryl methyl sites for hydroxylation is 1. The van der Waals surface area contributed by atoms with Crippen LogP contribution < -0.4 is 0 Å². The van der Waals surface area contributed by atoms with Gasteiger partial charge >= 0.3 is 0 Å². The number of aromatic nitrogens is 1. The molecule has 2 aliphatic heterocycles. The first-order chi connectivity index (χ1) is 15.3. The summed E-state index contributed by atoms with van der Waals surface area (Å²) in [4.78, 5) is 16.9. The molecule has 0 aliphatic carbocycles. The smallest absolute Gasteiger partial charge is 0.283 e. The maximum absolute atomic E-state index is 13.6. The van der Waals surface area contributed by atoms with E-state index in [0.29, 0.717) is 5.17 Å². The summed E-state index contributed by atoms with van der Waals surface area (Å²) in [6, 6.07) is 6.46. The zero-order valence-corrected chi connectivity index (χ0v) is 19.6. The third-order valence-electron chi connectivity index (χ3n) is 5.42. The number of unbranched alkanes of at least 4 members (excludes halogenated alkanes) is 2. The predicted octanol–water partition coefficient (Wildman–Crippen LogP) is 6.09. The molecule has 9 heteroatoms. The molecule has 1 aromatic heterocycles. The molecule has 0 unspecified atom stereocenters. The van der Waals surface area contributed by atoms with Gasteiger partial charge in [-0.05, 0) is 74.4 Å². The van der Waals surface area contributed by atoms with Crippen molar-refractivity contribution in [3.8, 4) is 5.69 Å². The number of nitrogens with one attached hydrogen (secondary N) is 1. The molecule has 6 nitrogen and oxygen atoms in total. The van der Waals surface area contributed by atoms with Crippen LogP contribution in [0.5, 0.6) is 0 Å². The highest BCUT2D eigenvalue weighted by molar-refractivity contribution is 8.26. The minimum Gasteiger partial charge on any atom is -0.318 e. The number of amides is 1. The number of hydrogen-bond donors (Lipinski definition) is 1. The fourth-order valence-corrected chi connectivity index (χ4v) is 4.87. The minimum absolute atomic E-state index is 0.0209. The predicted molar refractivity (Wildman–Crippen MR) is 129 cm³/mol. The molecule has 1 N–H and O–H groups in total. The van der Waals surface area contributed by atoms with Crippen molar-refractivity contribution in [2.75, 3.05) is 0 Å². The number of hydrogen-bond acceptors (Lipinski definition) is 4. The number of halogens is 2. The van der Waals surface area contributed by atoms with Crippen LogP contribution in [0.25, 0.3) is 11.8 Å². The maximum Gasteiger partial charge on any atom is 0.283 e. The second kappa shape index (κ2) is 9.03. The molecule has 0 spiro atoms. The van der Waals surface area contributed by atoms with Gasteiger partial charge < -0.3 is 4.57 Å². The van der Waals surface area contributed by atoms with E-state index in [1.165, 1.54) is 22.8 Å². The van der Waals surface area contributed by atoms with Crippen LogP contribution in [0.1, 0.15) is 49.6 Å². The van der Waals surface area contributed by atoms with Crippen LogP contribution in [0.2, 0.25) is 5.02 Å². The average Bonchev–Trinajstić information content (AvgIpc) is 3.27. The Morgan fingerprint density at radius 3 is 2.75 bits per heavy atom. The molecule has 0 saturated carbocycles. The molecule has 0 atom stereocenters. The summed E-state index contributed by atoms with van der Waals surface area (Å²) in [5.74, 6) is -0.908. The SMILES string of the molecule is CCCCCC1=NN2C(=N)C(=Cc3cc(C)n(-c4ccc(F)c(Cl)c4)c3C)C(=O)N=C2S1. The van der Waals surface area contributed by atoms with Crippen molar-refractivity contribution < 1.29 is 9.18 Å². The Morgan fingerprint density at radius 2 is 2.03 bits per heavy atom. The third kappa shape index (κ3) is 4.17. The number of aliphatic imine (C=N–C) groups is 1. The first-order valence-electron chi connectivity index (χ1n) is 10.4. The van der Waals surface area contributed by atoms with Gasteiger partial charge in [0.15, 0.2) is 5.84 Å². The largest absolute Gasteiger partial charge is 0.318 e. The Bertz CT molecular complexity index is 1210. The van der Waals surface area contributed by atoms with Crippen LogP contribution >= 0.6 is 23.4 Å². The molecule has 2 aliphatic rings. The van der Waals surface area contributed by atoms with Crippen LogP contribution in [0.15, 0.2) is 39.9 Å². The molecular formula is C23H23ClFN5OS. The molecule has 1 aromatic carbocycles. The van der Waals surface area contributed by atoms with Crippen molar-refractivity contribution in [3.05, 3.63) is 57.6 Å². The highest BCUT2D eigenvalue weighted by atomic mass is 35.5. The quantitative estimate of drug-likeness (QED) is 0.409. The summed E-state index contributed by atoms with van der Waals surface area (Å²) < 4.78 is 15.5. The number of benzene rings is 1. The second-order valence-electron chi connectivity index (χ2n) is 7.73. The molecule has 3 heterocycles. The lowest BCUT2D eigenvalue weighted by atomic mass is 10.1. The molecule has 0 radical (unpaired) electrons. The summed E-state index contributed by atoms with van der Waals surface area (Å²) in [7, 11) is 0. The molecule has 0 bridgehead atoms. The fourth-order valence-electron chi connectivity index (χ4n) is 3.77. The number of carbonyl (C=O) groups excluding carboxylic acids is 1. The first kappa shape index (κ1) is 22.5. The van der Waals surface area contributed by atoms with Crippen LogP contribution in [-0.4, -0.2) is 31.5 Å². The lowest BCUT2D eigenvalue weighted by Gasteiger charge is -2.20. The van der Waals surface area contributed by atoms with E-state index in [1.807, 2.05) is 24.5 Å². The van der Waals surface area contributed by atoms with Gasteiger partial charge in [0, 0.05) is 17.1 Å². The van der Waals surface area contributed by atoms with Gasteiger partial charge in [0.05, 0.1) is 10.6 Å². The average molecular weight is 472 g/mol. The molecule has 32 heavy (non-hydrogen) atoms. The summed E-state index contributed by atoms with van der Waals surface area (Å²) >= 11 is 7.32. The molecule has 1 amide bonds. The van der Waals surface area contributed by atoms with Crippen molar-refractivity contribution >= 4 is 51.4 Å². The summed E-state index contributed by atoms with van der Waals surface area (Å²) in [6.45, 7) is 5.96. The van der Waals surface area contributed by atoms with Gasteiger partial charge in [-0.25, -0.2) is 4.39 Å². The second-order valence-corrected chi connectivity index (χ2v) is 9.18. The molecule has 166 valence electrons. The number of rotatable bonds is 6. The maximum atomic E-state index is 13.6. The van der Waals surface area contributed by atoms with Gasteiger partial charge in [-0.2, -0.15) is 15.1 Å². The molecule has 0 fully saturated rings. The highest BCUT2D eigenvalue weighted by Gasteiger charge is 2.35. The van der Waals surface area contributed by atoms with Gasteiger partial charge in [0.1, 0.15) is 10.9 Å². The van der Waals surface area contributed by atoms with Crippen LogP contribution in [0, 0.1) is 25.1 Å².